The summed E-state index contributed by atoms with van der Waals surface area (Å²) in [6.45, 7) is 0. The van der Waals surface area contributed by atoms with Crippen molar-refractivity contribution in [3.05, 3.63) is 0 Å². The van der Waals surface area contributed by atoms with Gasteiger partial charge in [-0.15, -0.1) is 51.1 Å². The highest BCUT2D eigenvalue weighted by molar-refractivity contribution is 8.93. The van der Waals surface area contributed by atoms with Crippen LogP contribution < -0.4 is 0 Å². The van der Waals surface area contributed by atoms with Crippen molar-refractivity contribution < 1.29 is 0 Å². The molecule has 0 aromatic rings. The van der Waals surface area contributed by atoms with E-state index in [1.165, 1.54) is 42.8 Å². The van der Waals surface area contributed by atoms with Gasteiger partial charge in [0.25, 0.3) is 0 Å². The maximum atomic E-state index is 1.58. The molecule has 2 aliphatic rings. The summed E-state index contributed by atoms with van der Waals surface area (Å²) in [5, 5.41) is 0. The molecule has 0 heterocycles. The molecule has 0 aromatic carbocycles. The number of rotatable bonds is 6. The van der Waals surface area contributed by atoms with Gasteiger partial charge < -0.3 is 0 Å². The number of hydrogen-bond acceptors (Lipinski definition) is 0. The van der Waals surface area contributed by atoms with Crippen molar-refractivity contribution in [1.82, 2.24) is 0 Å². The maximum absolute atomic E-state index is 1.58. The Kier molecular flexibility index (Phi) is 12.9. The molecule has 0 nitrogen and oxygen atoms in total. The van der Waals surface area contributed by atoms with Gasteiger partial charge >= 0.3 is 0 Å². The SMILES string of the molecule is Br.Br.C1CCC(CPCPCC2CCCC2)C1. The van der Waals surface area contributed by atoms with Crippen LogP contribution in [0.1, 0.15) is 51.4 Å². The topological polar surface area (TPSA) is 0 Å². The summed E-state index contributed by atoms with van der Waals surface area (Å²) in [5.74, 6) is 3.85. The van der Waals surface area contributed by atoms with Gasteiger partial charge in [0.15, 0.2) is 0 Å². The van der Waals surface area contributed by atoms with Gasteiger partial charge in [-0.3, -0.25) is 0 Å². The molecule has 4 heteroatoms. The average Bonchev–Trinajstić information content (AvgIpc) is 2.88. The van der Waals surface area contributed by atoms with E-state index >= 15 is 0 Å². The summed E-state index contributed by atoms with van der Waals surface area (Å²) in [6.07, 6.45) is 15.5. The lowest BCUT2D eigenvalue weighted by Crippen LogP contribution is -1.97. The summed E-state index contributed by atoms with van der Waals surface area (Å²) < 4.78 is 0. The van der Waals surface area contributed by atoms with E-state index < -0.39 is 0 Å². The normalized spacial score (nSPS) is 22.6. The van der Waals surface area contributed by atoms with Crippen molar-refractivity contribution in [1.29, 1.82) is 0 Å². The molecule has 0 spiro atoms. The second-order valence-electron chi connectivity index (χ2n) is 5.39. The van der Waals surface area contributed by atoms with Crippen molar-refractivity contribution in [2.75, 3.05) is 18.2 Å². The van der Waals surface area contributed by atoms with E-state index in [2.05, 4.69) is 0 Å². The number of hydrogen-bond donors (Lipinski definition) is 0. The van der Waals surface area contributed by atoms with Crippen LogP contribution in [0, 0.1) is 11.8 Å². The predicted octanol–water partition coefficient (Wildman–Crippen LogP) is 5.84. The highest BCUT2D eigenvalue weighted by atomic mass is 79.9. The molecule has 0 amide bonds. The molecule has 0 aromatic heterocycles. The first kappa shape index (κ1) is 18.8. The first-order valence-electron chi connectivity index (χ1n) is 6.86. The lowest BCUT2D eigenvalue weighted by atomic mass is 10.1. The molecule has 17 heavy (non-hydrogen) atoms. The fourth-order valence-electron chi connectivity index (χ4n) is 3.07. The molecule has 0 N–H and O–H groups in total. The van der Waals surface area contributed by atoms with Gasteiger partial charge in [0.1, 0.15) is 0 Å². The molecule has 104 valence electrons. The molecule has 2 aliphatic carbocycles. The Morgan fingerprint density at radius 3 is 1.35 bits per heavy atom. The van der Waals surface area contributed by atoms with Gasteiger partial charge in [0.05, 0.1) is 0 Å². The highest BCUT2D eigenvalue weighted by Gasteiger charge is 2.15. The van der Waals surface area contributed by atoms with Gasteiger partial charge in [-0.25, -0.2) is 0 Å². The Morgan fingerprint density at radius 2 is 1.00 bits per heavy atom. The summed E-state index contributed by atoms with van der Waals surface area (Å²) >= 11 is 0. The lowest BCUT2D eigenvalue weighted by molar-refractivity contribution is 0.620. The highest BCUT2D eigenvalue weighted by Crippen LogP contribution is 2.36. The molecule has 0 bridgehead atoms. The summed E-state index contributed by atoms with van der Waals surface area (Å²) in [5.41, 5.74) is 0. The minimum atomic E-state index is 0. The van der Waals surface area contributed by atoms with E-state index in [1.807, 2.05) is 0 Å². The quantitative estimate of drug-likeness (QED) is 0.384. The summed E-state index contributed by atoms with van der Waals surface area (Å²) in [7, 11) is 2.60. The van der Waals surface area contributed by atoms with E-state index in [0.29, 0.717) is 0 Å². The van der Waals surface area contributed by atoms with Gasteiger partial charge in [0, 0.05) is 0 Å². The lowest BCUT2D eigenvalue weighted by Gasteiger charge is -2.10. The zero-order valence-corrected chi connectivity index (χ0v) is 16.2. The largest absolute Gasteiger partial charge is 0.118 e. The summed E-state index contributed by atoms with van der Waals surface area (Å²) in [4.78, 5) is 0. The second-order valence-corrected chi connectivity index (χ2v) is 8.62. The molecule has 0 aliphatic heterocycles. The average molecular weight is 406 g/mol. The minimum Gasteiger partial charge on any atom is -0.118 e. The van der Waals surface area contributed by atoms with Crippen LogP contribution in [0.5, 0.6) is 0 Å². The van der Waals surface area contributed by atoms with Crippen molar-refractivity contribution >= 4 is 51.1 Å². The second kappa shape index (κ2) is 11.6. The first-order valence-corrected chi connectivity index (χ1v) is 9.69. The first-order chi connectivity index (χ1) is 7.45. The molecule has 2 unspecified atom stereocenters. The van der Waals surface area contributed by atoms with E-state index in [1.54, 1.807) is 43.9 Å². The van der Waals surface area contributed by atoms with E-state index in [0.717, 1.165) is 11.8 Å². The Hall–Kier alpha value is 1.82. The smallest absolute Gasteiger partial charge is 0.0175 e. The van der Waals surface area contributed by atoms with E-state index in [9.17, 15) is 0 Å². The Morgan fingerprint density at radius 1 is 0.647 bits per heavy atom. The van der Waals surface area contributed by atoms with Crippen molar-refractivity contribution in [2.24, 2.45) is 11.8 Å². The van der Waals surface area contributed by atoms with Crippen LogP contribution in [-0.2, 0) is 0 Å². The van der Waals surface area contributed by atoms with Crippen LogP contribution in [0.15, 0.2) is 0 Å². The molecular formula is C13H28Br2P2. The third kappa shape index (κ3) is 7.86. The van der Waals surface area contributed by atoms with Crippen molar-refractivity contribution in [3.63, 3.8) is 0 Å². The Bertz CT molecular complexity index is 149. The third-order valence-electron chi connectivity index (χ3n) is 4.07. The zero-order chi connectivity index (χ0) is 10.3. The van der Waals surface area contributed by atoms with E-state index in [4.69, 9.17) is 0 Å². The van der Waals surface area contributed by atoms with Crippen LogP contribution >= 0.6 is 51.1 Å². The third-order valence-corrected chi connectivity index (χ3v) is 7.80. The molecule has 0 radical (unpaired) electrons. The standard InChI is InChI=1S/C13H26P2.2BrH/c1-2-6-12(5-1)9-14-11-15-10-13-7-3-4-8-13;;/h12-15H,1-11H2;2*1H. The predicted molar refractivity (Wildman–Crippen MR) is 95.8 cm³/mol. The van der Waals surface area contributed by atoms with Crippen molar-refractivity contribution in [2.45, 2.75) is 51.4 Å². The molecule has 2 saturated carbocycles. The Labute approximate surface area is 132 Å². The van der Waals surface area contributed by atoms with Gasteiger partial charge in [-0.1, -0.05) is 51.4 Å². The summed E-state index contributed by atoms with van der Waals surface area (Å²) in [6, 6.07) is 0. The molecule has 2 fully saturated rings. The van der Waals surface area contributed by atoms with Gasteiger partial charge in [-0.05, 0) is 30.1 Å². The fourth-order valence-corrected chi connectivity index (χ4v) is 6.56. The fraction of sp³-hybridized carbons (Fsp3) is 1.00. The van der Waals surface area contributed by atoms with Crippen LogP contribution in [0.4, 0.5) is 0 Å². The molecule has 0 saturated heterocycles. The maximum Gasteiger partial charge on any atom is -0.0175 e. The van der Waals surface area contributed by atoms with E-state index in [-0.39, 0.29) is 34.0 Å². The van der Waals surface area contributed by atoms with Crippen LogP contribution in [-0.4, -0.2) is 18.2 Å². The van der Waals surface area contributed by atoms with Crippen LogP contribution in [0.25, 0.3) is 0 Å². The van der Waals surface area contributed by atoms with Crippen molar-refractivity contribution in [3.8, 4) is 0 Å². The molecule has 2 atom stereocenters. The Balaban J connectivity index is 0.00000128. The minimum absolute atomic E-state index is 0. The molecule has 2 rings (SSSR count). The van der Waals surface area contributed by atoms with Gasteiger partial charge in [0.2, 0.25) is 0 Å². The van der Waals surface area contributed by atoms with Crippen LogP contribution in [0.2, 0.25) is 0 Å². The van der Waals surface area contributed by atoms with Crippen LogP contribution in [0.3, 0.4) is 0 Å². The zero-order valence-electron chi connectivity index (χ0n) is 10.7. The van der Waals surface area contributed by atoms with Gasteiger partial charge in [-0.2, -0.15) is 0 Å². The molecular weight excluding hydrogens is 378 g/mol. The number of halogens is 2. The monoisotopic (exact) mass is 404 g/mol.